The van der Waals surface area contributed by atoms with Gasteiger partial charge in [-0.05, 0) is 35.4 Å². The van der Waals surface area contributed by atoms with E-state index in [1.54, 1.807) is 7.05 Å². The summed E-state index contributed by atoms with van der Waals surface area (Å²) in [6.45, 7) is 9.19. The Hall–Kier alpha value is -1.64. The van der Waals surface area contributed by atoms with Crippen LogP contribution in [0.25, 0.3) is 0 Å². The lowest BCUT2D eigenvalue weighted by Crippen LogP contribution is -2.29. The van der Waals surface area contributed by atoms with E-state index in [1.165, 1.54) is 21.6 Å². The first kappa shape index (κ1) is 15.4. The van der Waals surface area contributed by atoms with Crippen LogP contribution in [0, 0.1) is 6.92 Å². The van der Waals surface area contributed by atoms with Crippen molar-refractivity contribution in [2.45, 2.75) is 39.5 Å². The molecule has 0 aliphatic rings. The van der Waals surface area contributed by atoms with Crippen molar-refractivity contribution in [2.75, 3.05) is 13.6 Å². The summed E-state index contributed by atoms with van der Waals surface area (Å²) in [5.41, 5.74) is 3.86. The fourth-order valence-electron chi connectivity index (χ4n) is 1.90. The Kier molecular flexibility index (Phi) is 4.87. The Balaban J connectivity index is 2.83. The van der Waals surface area contributed by atoms with Crippen LogP contribution in [0.15, 0.2) is 18.2 Å². The maximum atomic E-state index is 11.2. The third-order valence-electron chi connectivity index (χ3n) is 3.41. The van der Waals surface area contributed by atoms with Gasteiger partial charge in [-0.2, -0.15) is 0 Å². The first-order valence-corrected chi connectivity index (χ1v) is 6.56. The number of carbonyl (C=O) groups excluding carboxylic acids is 2. The summed E-state index contributed by atoms with van der Waals surface area (Å²) < 4.78 is 0. The molecule has 0 heterocycles. The summed E-state index contributed by atoms with van der Waals surface area (Å²) in [6, 6.07) is 6.48. The van der Waals surface area contributed by atoms with E-state index >= 15 is 0 Å². The van der Waals surface area contributed by atoms with E-state index in [0.29, 0.717) is 12.8 Å². The minimum atomic E-state index is -0.468. The third kappa shape index (κ3) is 4.19. The minimum Gasteiger partial charge on any atom is -0.339 e. The maximum absolute atomic E-state index is 11.2. The molecule has 0 saturated heterocycles. The van der Waals surface area contributed by atoms with Gasteiger partial charge in [0.05, 0.1) is 0 Å². The zero-order chi connectivity index (χ0) is 14.6. The largest absolute Gasteiger partial charge is 0.339 e. The Bertz CT molecular complexity index is 472. The molecule has 0 unspecified atom stereocenters. The second-order valence-corrected chi connectivity index (χ2v) is 6.02. The number of aldehydes is 1. The SMILES string of the molecule is Cc1ccc(C(C)(C)C)cc1CCN(C)C(=O)C=O. The van der Waals surface area contributed by atoms with Gasteiger partial charge in [0, 0.05) is 13.6 Å². The first-order valence-electron chi connectivity index (χ1n) is 6.56. The lowest BCUT2D eigenvalue weighted by molar-refractivity contribution is -0.137. The highest BCUT2D eigenvalue weighted by Crippen LogP contribution is 2.24. The maximum Gasteiger partial charge on any atom is 0.286 e. The lowest BCUT2D eigenvalue weighted by Gasteiger charge is -2.21. The van der Waals surface area contributed by atoms with Crippen molar-refractivity contribution in [3.63, 3.8) is 0 Å². The molecule has 3 heteroatoms. The van der Waals surface area contributed by atoms with E-state index in [9.17, 15) is 9.59 Å². The van der Waals surface area contributed by atoms with Gasteiger partial charge in [-0.15, -0.1) is 0 Å². The van der Waals surface area contributed by atoms with Gasteiger partial charge in [0.25, 0.3) is 5.91 Å². The van der Waals surface area contributed by atoms with Crippen LogP contribution in [-0.4, -0.2) is 30.7 Å². The van der Waals surface area contributed by atoms with Crippen LogP contribution in [0.3, 0.4) is 0 Å². The molecule has 19 heavy (non-hydrogen) atoms. The second kappa shape index (κ2) is 6.00. The predicted octanol–water partition coefficient (Wildman–Crippen LogP) is 2.49. The van der Waals surface area contributed by atoms with Crippen LogP contribution in [0.5, 0.6) is 0 Å². The van der Waals surface area contributed by atoms with Crippen molar-refractivity contribution in [2.24, 2.45) is 0 Å². The summed E-state index contributed by atoms with van der Waals surface area (Å²) in [5, 5.41) is 0. The van der Waals surface area contributed by atoms with Crippen molar-refractivity contribution in [1.29, 1.82) is 0 Å². The molecule has 1 rings (SSSR count). The average molecular weight is 261 g/mol. The summed E-state index contributed by atoms with van der Waals surface area (Å²) >= 11 is 0. The molecule has 0 radical (unpaired) electrons. The highest BCUT2D eigenvalue weighted by atomic mass is 16.2. The van der Waals surface area contributed by atoms with Crippen molar-refractivity contribution in [1.82, 2.24) is 4.90 Å². The number of likely N-dealkylation sites (N-methyl/N-ethyl adjacent to an activating group) is 1. The normalized spacial score (nSPS) is 11.2. The van der Waals surface area contributed by atoms with Crippen LogP contribution in [0.4, 0.5) is 0 Å². The van der Waals surface area contributed by atoms with Crippen LogP contribution >= 0.6 is 0 Å². The Labute approximate surface area is 115 Å². The number of nitrogens with zero attached hydrogens (tertiary/aromatic N) is 1. The van der Waals surface area contributed by atoms with Crippen molar-refractivity contribution >= 4 is 12.2 Å². The van der Waals surface area contributed by atoms with Gasteiger partial charge >= 0.3 is 0 Å². The molecule has 1 aromatic carbocycles. The predicted molar refractivity (Wildman–Crippen MR) is 77.3 cm³/mol. The Morgan fingerprint density at radius 3 is 2.47 bits per heavy atom. The van der Waals surface area contributed by atoms with E-state index in [2.05, 4.69) is 45.9 Å². The van der Waals surface area contributed by atoms with Gasteiger partial charge in [0.1, 0.15) is 0 Å². The molecule has 0 spiro atoms. The monoisotopic (exact) mass is 261 g/mol. The Morgan fingerprint density at radius 1 is 1.32 bits per heavy atom. The Morgan fingerprint density at radius 2 is 1.95 bits per heavy atom. The number of benzene rings is 1. The summed E-state index contributed by atoms with van der Waals surface area (Å²) in [7, 11) is 1.65. The molecule has 0 saturated carbocycles. The van der Waals surface area contributed by atoms with E-state index in [-0.39, 0.29) is 5.41 Å². The number of hydrogen-bond acceptors (Lipinski definition) is 2. The lowest BCUT2D eigenvalue weighted by atomic mass is 9.85. The molecule has 0 fully saturated rings. The van der Waals surface area contributed by atoms with E-state index in [4.69, 9.17) is 0 Å². The third-order valence-corrected chi connectivity index (χ3v) is 3.41. The highest BCUT2D eigenvalue weighted by Gasteiger charge is 2.15. The van der Waals surface area contributed by atoms with Crippen LogP contribution in [-0.2, 0) is 21.4 Å². The van der Waals surface area contributed by atoms with Gasteiger partial charge in [0.15, 0.2) is 0 Å². The van der Waals surface area contributed by atoms with E-state index < -0.39 is 5.91 Å². The van der Waals surface area contributed by atoms with Gasteiger partial charge in [-0.3, -0.25) is 9.59 Å². The number of aryl methyl sites for hydroxylation is 1. The van der Waals surface area contributed by atoms with Gasteiger partial charge in [-0.25, -0.2) is 0 Å². The summed E-state index contributed by atoms with van der Waals surface area (Å²) in [4.78, 5) is 23.1. The summed E-state index contributed by atoms with van der Waals surface area (Å²) in [5.74, 6) is -0.468. The second-order valence-electron chi connectivity index (χ2n) is 6.02. The number of carbonyl (C=O) groups is 2. The molecular formula is C16H23NO2. The van der Waals surface area contributed by atoms with Crippen LogP contribution in [0.2, 0.25) is 0 Å². The fraction of sp³-hybridized carbons (Fsp3) is 0.500. The molecule has 0 atom stereocenters. The van der Waals surface area contributed by atoms with Crippen LogP contribution in [0.1, 0.15) is 37.5 Å². The molecule has 1 aromatic rings. The molecule has 0 aliphatic heterocycles. The molecule has 1 amide bonds. The zero-order valence-electron chi connectivity index (χ0n) is 12.5. The van der Waals surface area contributed by atoms with Crippen molar-refractivity contribution in [3.05, 3.63) is 34.9 Å². The fourth-order valence-corrected chi connectivity index (χ4v) is 1.90. The number of rotatable bonds is 4. The first-order chi connectivity index (χ1) is 8.75. The zero-order valence-corrected chi connectivity index (χ0v) is 12.5. The van der Waals surface area contributed by atoms with Crippen LogP contribution < -0.4 is 0 Å². The molecule has 0 aromatic heterocycles. The highest BCUT2D eigenvalue weighted by molar-refractivity contribution is 6.23. The number of amides is 1. The molecule has 0 aliphatic carbocycles. The van der Waals surface area contributed by atoms with E-state index in [0.717, 1.165) is 6.42 Å². The van der Waals surface area contributed by atoms with Crippen molar-refractivity contribution in [3.8, 4) is 0 Å². The summed E-state index contributed by atoms with van der Waals surface area (Å²) in [6.07, 6.45) is 1.13. The average Bonchev–Trinajstić information content (AvgIpc) is 2.35. The van der Waals surface area contributed by atoms with Gasteiger partial charge in [0.2, 0.25) is 6.29 Å². The molecule has 104 valence electrons. The topological polar surface area (TPSA) is 37.4 Å². The van der Waals surface area contributed by atoms with Gasteiger partial charge in [-0.1, -0.05) is 39.0 Å². The van der Waals surface area contributed by atoms with E-state index in [1.807, 2.05) is 0 Å². The smallest absolute Gasteiger partial charge is 0.286 e. The van der Waals surface area contributed by atoms with Crippen molar-refractivity contribution < 1.29 is 9.59 Å². The standard InChI is InChI=1S/C16H23NO2/c1-12-6-7-14(16(2,3)4)10-13(12)8-9-17(5)15(19)11-18/h6-7,10-11H,8-9H2,1-5H3. The molecule has 0 bridgehead atoms. The molecule has 3 nitrogen and oxygen atoms in total. The quantitative estimate of drug-likeness (QED) is 0.617. The molecular weight excluding hydrogens is 238 g/mol. The number of hydrogen-bond donors (Lipinski definition) is 0. The molecule has 0 N–H and O–H groups in total. The van der Waals surface area contributed by atoms with Gasteiger partial charge < -0.3 is 4.90 Å². The minimum absolute atomic E-state index is 0.118.